The zero-order valence-corrected chi connectivity index (χ0v) is 12.8. The number of ketones is 1. The zero-order chi connectivity index (χ0) is 16.0. The van der Waals surface area contributed by atoms with Crippen LogP contribution in [0.25, 0.3) is 11.1 Å². The van der Waals surface area contributed by atoms with Gasteiger partial charge in [-0.05, 0) is 23.8 Å². The van der Waals surface area contributed by atoms with Crippen molar-refractivity contribution in [3.8, 4) is 11.1 Å². The molecule has 0 saturated carbocycles. The van der Waals surface area contributed by atoms with Crippen LogP contribution < -0.4 is 0 Å². The highest BCUT2D eigenvalue weighted by molar-refractivity contribution is 9.10. The summed E-state index contributed by atoms with van der Waals surface area (Å²) in [5.41, 5.74) is 1.56. The molecule has 3 rings (SSSR count). The molecule has 0 atom stereocenters. The van der Waals surface area contributed by atoms with Crippen molar-refractivity contribution in [2.24, 2.45) is 0 Å². The number of nitro benzene ring substituents is 1. The van der Waals surface area contributed by atoms with Crippen molar-refractivity contribution in [2.45, 2.75) is 0 Å². The van der Waals surface area contributed by atoms with E-state index in [4.69, 9.17) is 4.74 Å². The van der Waals surface area contributed by atoms with E-state index in [1.54, 1.807) is 12.1 Å². The summed E-state index contributed by atoms with van der Waals surface area (Å²) < 4.78 is 5.31. The van der Waals surface area contributed by atoms with Crippen LogP contribution in [0.3, 0.4) is 0 Å². The number of non-ortho nitro benzene ring substituents is 1. The van der Waals surface area contributed by atoms with Crippen molar-refractivity contribution in [3.05, 3.63) is 61.6 Å². The van der Waals surface area contributed by atoms with Gasteiger partial charge in [0.15, 0.2) is 5.78 Å². The highest BCUT2D eigenvalue weighted by atomic mass is 79.9. The first-order chi connectivity index (χ1) is 10.4. The predicted octanol–water partition coefficient (Wildman–Crippen LogP) is 3.36. The Balaban J connectivity index is 2.32. The van der Waals surface area contributed by atoms with E-state index >= 15 is 0 Å². The number of methoxy groups -OCH3 is 1. The van der Waals surface area contributed by atoms with Gasteiger partial charge >= 0.3 is 5.97 Å². The van der Waals surface area contributed by atoms with Crippen LogP contribution in [-0.2, 0) is 4.74 Å². The number of hydrogen-bond acceptors (Lipinski definition) is 5. The Morgan fingerprint density at radius 1 is 1.18 bits per heavy atom. The van der Waals surface area contributed by atoms with Gasteiger partial charge in [-0.3, -0.25) is 14.9 Å². The molecule has 0 unspecified atom stereocenters. The lowest BCUT2D eigenvalue weighted by Crippen LogP contribution is -2.05. The molecule has 0 N–H and O–H groups in total. The number of rotatable bonds is 2. The molecule has 0 spiro atoms. The molecule has 110 valence electrons. The maximum Gasteiger partial charge on any atom is 0.338 e. The molecule has 0 heterocycles. The molecule has 22 heavy (non-hydrogen) atoms. The quantitative estimate of drug-likeness (QED) is 0.396. The number of benzene rings is 2. The highest BCUT2D eigenvalue weighted by Gasteiger charge is 2.33. The summed E-state index contributed by atoms with van der Waals surface area (Å²) in [6, 6.07) is 7.18. The van der Waals surface area contributed by atoms with Crippen molar-refractivity contribution >= 4 is 33.4 Å². The maximum absolute atomic E-state index is 12.5. The van der Waals surface area contributed by atoms with Gasteiger partial charge < -0.3 is 4.74 Å². The van der Waals surface area contributed by atoms with Crippen LogP contribution in [0.15, 0.2) is 34.8 Å². The standard InChI is InChI=1S/C15H8BrNO5/c1-22-15(19)12-5-7(16)4-11-13(12)9-3-2-8(17(20)21)6-10(9)14(11)18/h2-6H,1H3. The number of ether oxygens (including phenoxy) is 1. The average molecular weight is 362 g/mol. The Kier molecular flexibility index (Phi) is 3.29. The van der Waals surface area contributed by atoms with Gasteiger partial charge in [0.2, 0.25) is 0 Å². The second kappa shape index (κ2) is 5.03. The van der Waals surface area contributed by atoms with E-state index < -0.39 is 10.9 Å². The van der Waals surface area contributed by atoms with Crippen molar-refractivity contribution in [3.63, 3.8) is 0 Å². The first kappa shape index (κ1) is 14.4. The van der Waals surface area contributed by atoms with Crippen LogP contribution in [0.2, 0.25) is 0 Å². The summed E-state index contributed by atoms with van der Waals surface area (Å²) in [6.45, 7) is 0. The summed E-state index contributed by atoms with van der Waals surface area (Å²) in [4.78, 5) is 34.7. The van der Waals surface area contributed by atoms with Crippen LogP contribution in [0.1, 0.15) is 26.3 Å². The van der Waals surface area contributed by atoms with Gasteiger partial charge in [-0.15, -0.1) is 0 Å². The Hall–Kier alpha value is -2.54. The minimum absolute atomic E-state index is 0.168. The molecule has 2 aromatic carbocycles. The van der Waals surface area contributed by atoms with Crippen LogP contribution in [0.4, 0.5) is 5.69 Å². The summed E-state index contributed by atoms with van der Waals surface area (Å²) in [6.07, 6.45) is 0. The smallest absolute Gasteiger partial charge is 0.338 e. The second-order valence-electron chi connectivity index (χ2n) is 4.68. The third-order valence-corrected chi connectivity index (χ3v) is 3.94. The molecule has 7 heteroatoms. The topological polar surface area (TPSA) is 86.5 Å². The molecule has 0 bridgehead atoms. The number of hydrogen-bond donors (Lipinski definition) is 0. The number of carbonyl (C=O) groups is 2. The Bertz CT molecular complexity index is 859. The number of nitro groups is 1. The van der Waals surface area contributed by atoms with Gasteiger partial charge in [-0.2, -0.15) is 0 Å². The number of carbonyl (C=O) groups excluding carboxylic acids is 2. The molecule has 0 aliphatic heterocycles. The molecular formula is C15H8BrNO5. The minimum Gasteiger partial charge on any atom is -0.465 e. The number of esters is 1. The molecule has 0 aromatic heterocycles. The second-order valence-corrected chi connectivity index (χ2v) is 5.60. The molecular weight excluding hydrogens is 354 g/mol. The van der Waals surface area contributed by atoms with E-state index in [2.05, 4.69) is 15.9 Å². The number of fused-ring (bicyclic) bond motifs is 3. The van der Waals surface area contributed by atoms with Crippen LogP contribution in [-0.4, -0.2) is 23.8 Å². The van der Waals surface area contributed by atoms with Crippen molar-refractivity contribution in [1.82, 2.24) is 0 Å². The van der Waals surface area contributed by atoms with Gasteiger partial charge in [0, 0.05) is 33.3 Å². The van der Waals surface area contributed by atoms with Crippen molar-refractivity contribution < 1.29 is 19.2 Å². The third kappa shape index (κ3) is 2.01. The fraction of sp³-hybridized carbons (Fsp3) is 0.0667. The molecule has 1 aliphatic rings. The predicted molar refractivity (Wildman–Crippen MR) is 81.0 cm³/mol. The summed E-state index contributed by atoms with van der Waals surface area (Å²) >= 11 is 3.25. The molecule has 0 radical (unpaired) electrons. The van der Waals surface area contributed by atoms with Crippen LogP contribution >= 0.6 is 15.9 Å². The van der Waals surface area contributed by atoms with E-state index in [0.717, 1.165) is 0 Å². The van der Waals surface area contributed by atoms with Crippen molar-refractivity contribution in [1.29, 1.82) is 0 Å². The lowest BCUT2D eigenvalue weighted by atomic mass is 9.99. The fourth-order valence-corrected chi connectivity index (χ4v) is 3.00. The van der Waals surface area contributed by atoms with E-state index in [1.165, 1.54) is 25.3 Å². The number of nitrogens with zero attached hydrogens (tertiary/aromatic N) is 1. The molecule has 0 fully saturated rings. The van der Waals surface area contributed by atoms with Crippen LogP contribution in [0, 0.1) is 10.1 Å². The van der Waals surface area contributed by atoms with Gasteiger partial charge in [0.1, 0.15) is 0 Å². The summed E-state index contributed by atoms with van der Waals surface area (Å²) in [5, 5.41) is 10.9. The zero-order valence-electron chi connectivity index (χ0n) is 11.3. The minimum atomic E-state index is -0.573. The van der Waals surface area contributed by atoms with Gasteiger partial charge in [-0.1, -0.05) is 15.9 Å². The Labute approximate surface area is 133 Å². The normalized spacial score (nSPS) is 11.8. The maximum atomic E-state index is 12.5. The highest BCUT2D eigenvalue weighted by Crippen LogP contribution is 2.42. The largest absolute Gasteiger partial charge is 0.465 e. The third-order valence-electron chi connectivity index (χ3n) is 3.48. The number of halogens is 1. The molecule has 6 nitrogen and oxygen atoms in total. The Morgan fingerprint density at radius 2 is 1.91 bits per heavy atom. The lowest BCUT2D eigenvalue weighted by molar-refractivity contribution is -0.384. The fourth-order valence-electron chi connectivity index (χ4n) is 2.54. The van der Waals surface area contributed by atoms with Gasteiger partial charge in [0.25, 0.3) is 5.69 Å². The molecule has 0 saturated heterocycles. The summed E-state index contributed by atoms with van der Waals surface area (Å²) in [7, 11) is 1.25. The molecule has 0 amide bonds. The van der Waals surface area contributed by atoms with Gasteiger partial charge in [0.05, 0.1) is 17.6 Å². The van der Waals surface area contributed by atoms with Crippen molar-refractivity contribution in [2.75, 3.05) is 7.11 Å². The van der Waals surface area contributed by atoms with Gasteiger partial charge in [-0.25, -0.2) is 4.79 Å². The van der Waals surface area contributed by atoms with E-state index in [0.29, 0.717) is 21.2 Å². The first-order valence-corrected chi connectivity index (χ1v) is 6.98. The average Bonchev–Trinajstić information content (AvgIpc) is 2.78. The monoisotopic (exact) mass is 361 g/mol. The summed E-state index contributed by atoms with van der Waals surface area (Å²) in [5.74, 6) is -0.920. The van der Waals surface area contributed by atoms with E-state index in [-0.39, 0.29) is 22.6 Å². The Morgan fingerprint density at radius 3 is 2.55 bits per heavy atom. The van der Waals surface area contributed by atoms with E-state index in [9.17, 15) is 19.7 Å². The molecule has 1 aliphatic carbocycles. The first-order valence-electron chi connectivity index (χ1n) is 6.19. The van der Waals surface area contributed by atoms with Crippen LogP contribution in [0.5, 0.6) is 0 Å². The van der Waals surface area contributed by atoms with E-state index in [1.807, 2.05) is 0 Å². The lowest BCUT2D eigenvalue weighted by Gasteiger charge is -2.08. The molecule has 2 aromatic rings. The SMILES string of the molecule is COC(=O)c1cc(Br)cc2c1-c1ccc([N+](=O)[O-])cc1C2=O.